The number of rotatable bonds is 21. The molecule has 0 bridgehead atoms. The third-order valence-corrected chi connectivity index (χ3v) is 3.38. The Morgan fingerprint density at radius 2 is 1.28 bits per heavy atom. The Bertz CT molecular complexity index is 406. The molecule has 2 N–H and O–H groups in total. The topological polar surface area (TPSA) is 105 Å². The lowest BCUT2D eigenvalue weighted by atomic mass is 10.3. The number of hydrogen-bond acceptors (Lipinski definition) is 8. The zero-order valence-electron chi connectivity index (χ0n) is 18.2. The van der Waals surface area contributed by atoms with Gasteiger partial charge in [-0.25, -0.2) is 0 Å². The van der Waals surface area contributed by atoms with E-state index < -0.39 is 6.10 Å². The zero-order chi connectivity index (χ0) is 21.7. The van der Waals surface area contributed by atoms with Crippen LogP contribution in [-0.2, 0) is 33.2 Å². The van der Waals surface area contributed by atoms with Crippen molar-refractivity contribution in [1.29, 1.82) is 0 Å². The Morgan fingerprint density at radius 1 is 0.828 bits per heavy atom. The molecule has 29 heavy (non-hydrogen) atoms. The lowest BCUT2D eigenvalue weighted by molar-refractivity contribution is -0.117. The van der Waals surface area contributed by atoms with Gasteiger partial charge in [-0.3, -0.25) is 4.79 Å². The van der Waals surface area contributed by atoms with Crippen LogP contribution in [0.4, 0.5) is 0 Å². The summed E-state index contributed by atoms with van der Waals surface area (Å²) in [6.45, 7) is 14.4. The number of carbonyl (C=O) groups is 1. The molecule has 0 radical (unpaired) electrons. The van der Waals surface area contributed by atoms with Gasteiger partial charge in [-0.1, -0.05) is 6.58 Å². The molecule has 0 aliphatic rings. The van der Waals surface area contributed by atoms with Crippen molar-refractivity contribution in [2.45, 2.75) is 33.0 Å². The Kier molecular flexibility index (Phi) is 19.5. The molecular formula is C20H39NO8. The largest absolute Gasteiger partial charge is 0.391 e. The van der Waals surface area contributed by atoms with Gasteiger partial charge >= 0.3 is 0 Å². The molecule has 0 spiro atoms. The fourth-order valence-corrected chi connectivity index (χ4v) is 1.87. The molecule has 0 rings (SSSR count). The van der Waals surface area contributed by atoms with E-state index in [2.05, 4.69) is 11.9 Å². The van der Waals surface area contributed by atoms with Crippen molar-refractivity contribution in [3.63, 3.8) is 0 Å². The van der Waals surface area contributed by atoms with Crippen LogP contribution in [0.15, 0.2) is 12.2 Å². The summed E-state index contributed by atoms with van der Waals surface area (Å²) in [5.74, 6) is -0.161. The van der Waals surface area contributed by atoms with Crippen LogP contribution >= 0.6 is 0 Å². The Labute approximate surface area is 174 Å². The van der Waals surface area contributed by atoms with Gasteiger partial charge < -0.3 is 38.8 Å². The van der Waals surface area contributed by atoms with Gasteiger partial charge in [0.15, 0.2) is 0 Å². The van der Waals surface area contributed by atoms with Crippen LogP contribution < -0.4 is 5.32 Å². The van der Waals surface area contributed by atoms with Crippen LogP contribution in [0.3, 0.4) is 0 Å². The molecule has 0 saturated carbocycles. The van der Waals surface area contributed by atoms with Crippen molar-refractivity contribution in [3.8, 4) is 0 Å². The van der Waals surface area contributed by atoms with Gasteiger partial charge in [0.05, 0.1) is 84.9 Å². The van der Waals surface area contributed by atoms with E-state index in [1.54, 1.807) is 13.8 Å². The molecule has 1 amide bonds. The van der Waals surface area contributed by atoms with E-state index in [0.717, 1.165) is 0 Å². The van der Waals surface area contributed by atoms with Gasteiger partial charge in [0.1, 0.15) is 0 Å². The molecule has 9 nitrogen and oxygen atoms in total. The van der Waals surface area contributed by atoms with Crippen molar-refractivity contribution in [3.05, 3.63) is 12.2 Å². The number of carbonyl (C=O) groups excluding carboxylic acids is 1. The highest BCUT2D eigenvalue weighted by Crippen LogP contribution is 1.94. The van der Waals surface area contributed by atoms with Crippen molar-refractivity contribution in [2.75, 3.05) is 79.2 Å². The number of hydrogen-bond donors (Lipinski definition) is 2. The summed E-state index contributed by atoms with van der Waals surface area (Å²) in [6, 6.07) is 0. The first kappa shape index (κ1) is 27.9. The van der Waals surface area contributed by atoms with Crippen molar-refractivity contribution < 1.29 is 38.3 Å². The molecule has 172 valence electrons. The van der Waals surface area contributed by atoms with Crippen molar-refractivity contribution in [2.24, 2.45) is 0 Å². The predicted octanol–water partition coefficient (Wildman–Crippen LogP) is 0.548. The molecular weight excluding hydrogens is 382 g/mol. The maximum Gasteiger partial charge on any atom is 0.246 e. The molecule has 9 heteroatoms. The molecule has 0 saturated heterocycles. The van der Waals surface area contributed by atoms with Crippen molar-refractivity contribution >= 4 is 5.91 Å². The first-order chi connectivity index (χ1) is 13.9. The number of nitrogens with one attached hydrogen (secondary N) is 1. The fraction of sp³-hybridized carbons (Fsp3) is 0.850. The molecule has 0 aliphatic carbocycles. The highest BCUT2D eigenvalue weighted by atomic mass is 16.6. The molecule has 0 aromatic rings. The van der Waals surface area contributed by atoms with E-state index in [1.165, 1.54) is 0 Å². The summed E-state index contributed by atoms with van der Waals surface area (Å²) < 4.78 is 32.3. The zero-order valence-corrected chi connectivity index (χ0v) is 18.2. The van der Waals surface area contributed by atoms with E-state index >= 15 is 0 Å². The summed E-state index contributed by atoms with van der Waals surface area (Å²) in [5, 5.41) is 11.8. The van der Waals surface area contributed by atoms with Crippen LogP contribution in [-0.4, -0.2) is 102 Å². The maximum absolute atomic E-state index is 11.2. The molecule has 0 fully saturated rings. The Balaban J connectivity index is 3.15. The van der Waals surface area contributed by atoms with Crippen LogP contribution in [0, 0.1) is 0 Å². The first-order valence-electron chi connectivity index (χ1n) is 10.1. The molecule has 2 unspecified atom stereocenters. The van der Waals surface area contributed by atoms with E-state index in [-0.39, 0.29) is 12.0 Å². The van der Waals surface area contributed by atoms with Gasteiger partial charge in [-0.2, -0.15) is 0 Å². The minimum Gasteiger partial charge on any atom is -0.391 e. The smallest absolute Gasteiger partial charge is 0.246 e. The van der Waals surface area contributed by atoms with Crippen molar-refractivity contribution in [1.82, 2.24) is 5.32 Å². The van der Waals surface area contributed by atoms with E-state index in [4.69, 9.17) is 33.5 Å². The second-order valence-electron chi connectivity index (χ2n) is 6.55. The third-order valence-electron chi connectivity index (χ3n) is 3.38. The number of aliphatic hydroxyl groups is 1. The molecule has 0 aromatic heterocycles. The fourth-order valence-electron chi connectivity index (χ4n) is 1.87. The van der Waals surface area contributed by atoms with Gasteiger partial charge in [0.2, 0.25) is 5.91 Å². The highest BCUT2D eigenvalue weighted by molar-refractivity contribution is 5.91. The highest BCUT2D eigenvalue weighted by Gasteiger charge is 2.04. The summed E-state index contributed by atoms with van der Waals surface area (Å²) in [5.41, 5.74) is 0.483. The van der Waals surface area contributed by atoms with Crippen LogP contribution in [0.1, 0.15) is 20.8 Å². The number of ether oxygens (including phenoxy) is 6. The molecule has 2 atom stereocenters. The third kappa shape index (κ3) is 21.5. The van der Waals surface area contributed by atoms with E-state index in [9.17, 15) is 4.79 Å². The van der Waals surface area contributed by atoms with Crippen LogP contribution in [0.25, 0.3) is 0 Å². The lowest BCUT2D eigenvalue weighted by Gasteiger charge is -2.14. The maximum atomic E-state index is 11.2. The monoisotopic (exact) mass is 421 g/mol. The SMILES string of the molecule is C=C(C)C(=O)NCCOCCOCCOCCOCCOCC(C)OCC(C)O. The quantitative estimate of drug-likeness (QED) is 0.205. The standard InChI is InChI=1S/C20H39NO8/c1-17(2)20(23)21-5-6-24-7-8-25-9-10-26-11-12-27-13-14-28-16-19(4)29-15-18(3)22/h18-19,22H,1,5-16H2,2-4H3,(H,21,23). The predicted molar refractivity (Wildman–Crippen MR) is 109 cm³/mol. The molecule has 0 aliphatic heterocycles. The second-order valence-corrected chi connectivity index (χ2v) is 6.55. The van der Waals surface area contributed by atoms with Gasteiger partial charge in [0, 0.05) is 12.1 Å². The minimum atomic E-state index is -0.466. The van der Waals surface area contributed by atoms with Gasteiger partial charge in [0.25, 0.3) is 0 Å². The Morgan fingerprint density at radius 3 is 1.72 bits per heavy atom. The Hall–Kier alpha value is -1.07. The normalized spacial score (nSPS) is 13.2. The summed E-state index contributed by atoms with van der Waals surface area (Å²) in [7, 11) is 0. The summed E-state index contributed by atoms with van der Waals surface area (Å²) in [4.78, 5) is 11.2. The van der Waals surface area contributed by atoms with E-state index in [1.807, 2.05) is 6.92 Å². The van der Waals surface area contributed by atoms with Gasteiger partial charge in [-0.15, -0.1) is 0 Å². The lowest BCUT2D eigenvalue weighted by Crippen LogP contribution is -2.27. The molecule has 0 heterocycles. The summed E-state index contributed by atoms with van der Waals surface area (Å²) >= 11 is 0. The number of amides is 1. The second kappa shape index (κ2) is 20.2. The summed E-state index contributed by atoms with van der Waals surface area (Å²) in [6.07, 6.45) is -0.521. The minimum absolute atomic E-state index is 0.0549. The molecule has 0 aromatic carbocycles. The average molecular weight is 422 g/mol. The van der Waals surface area contributed by atoms with E-state index in [0.29, 0.717) is 84.8 Å². The average Bonchev–Trinajstić information content (AvgIpc) is 2.68. The van der Waals surface area contributed by atoms with Crippen LogP contribution in [0.2, 0.25) is 0 Å². The van der Waals surface area contributed by atoms with Crippen LogP contribution in [0.5, 0.6) is 0 Å². The number of aliphatic hydroxyl groups excluding tert-OH is 1. The van der Waals surface area contributed by atoms with Gasteiger partial charge in [-0.05, 0) is 20.8 Å². The first-order valence-corrected chi connectivity index (χ1v) is 10.1.